The maximum absolute atomic E-state index is 9.54. The molecule has 118 valence electrons. The fourth-order valence-electron chi connectivity index (χ4n) is 3.49. The average Bonchev–Trinajstić information content (AvgIpc) is 2.51. The van der Waals surface area contributed by atoms with E-state index in [2.05, 4.69) is 17.9 Å². The predicted molar refractivity (Wildman–Crippen MR) is 89.7 cm³/mol. The van der Waals surface area contributed by atoms with E-state index in [0.29, 0.717) is 5.75 Å². The minimum absolute atomic E-state index is 0.386. The standard InChI is InChI=1S/C19H31NO/c1-2-13-20(14-11-17-7-4-3-5-8-17)15-12-18-9-6-10-19(21)16-18/h6,9-10,16-17,21H,2-5,7-8,11-15H2,1H3. The van der Waals surface area contributed by atoms with E-state index in [4.69, 9.17) is 0 Å². The van der Waals surface area contributed by atoms with Crippen LogP contribution in [-0.4, -0.2) is 29.6 Å². The van der Waals surface area contributed by atoms with Crippen LogP contribution >= 0.6 is 0 Å². The van der Waals surface area contributed by atoms with Crippen molar-refractivity contribution in [2.24, 2.45) is 5.92 Å². The van der Waals surface area contributed by atoms with Crippen molar-refractivity contribution in [2.45, 2.75) is 58.3 Å². The minimum atomic E-state index is 0.386. The molecule has 0 aliphatic heterocycles. The van der Waals surface area contributed by atoms with Crippen molar-refractivity contribution in [3.8, 4) is 5.75 Å². The van der Waals surface area contributed by atoms with Gasteiger partial charge in [-0.15, -0.1) is 0 Å². The monoisotopic (exact) mass is 289 g/mol. The zero-order valence-electron chi connectivity index (χ0n) is 13.6. The fourth-order valence-corrected chi connectivity index (χ4v) is 3.49. The van der Waals surface area contributed by atoms with Crippen molar-refractivity contribution < 1.29 is 5.11 Å². The first kappa shape index (κ1) is 16.4. The smallest absolute Gasteiger partial charge is 0.115 e. The molecule has 0 atom stereocenters. The molecule has 0 aromatic heterocycles. The normalized spacial score (nSPS) is 16.5. The molecule has 1 aliphatic carbocycles. The Bertz CT molecular complexity index is 398. The highest BCUT2D eigenvalue weighted by atomic mass is 16.3. The van der Waals surface area contributed by atoms with E-state index >= 15 is 0 Å². The summed E-state index contributed by atoms with van der Waals surface area (Å²) in [6.07, 6.45) is 10.9. The quantitative estimate of drug-likeness (QED) is 0.755. The van der Waals surface area contributed by atoms with Crippen molar-refractivity contribution in [3.05, 3.63) is 29.8 Å². The van der Waals surface area contributed by atoms with Gasteiger partial charge in [0.1, 0.15) is 5.75 Å². The Kier molecular flexibility index (Phi) is 7.08. The van der Waals surface area contributed by atoms with Crippen LogP contribution in [-0.2, 0) is 6.42 Å². The first-order chi connectivity index (χ1) is 10.3. The van der Waals surface area contributed by atoms with Crippen molar-refractivity contribution in [1.82, 2.24) is 4.90 Å². The number of aromatic hydroxyl groups is 1. The molecule has 1 aromatic carbocycles. The Morgan fingerprint density at radius 1 is 1.10 bits per heavy atom. The first-order valence-electron chi connectivity index (χ1n) is 8.78. The Labute approximate surface area is 130 Å². The number of rotatable bonds is 8. The minimum Gasteiger partial charge on any atom is -0.508 e. The van der Waals surface area contributed by atoms with Gasteiger partial charge in [-0.25, -0.2) is 0 Å². The highest BCUT2D eigenvalue weighted by Gasteiger charge is 2.14. The fraction of sp³-hybridized carbons (Fsp3) is 0.684. The number of hydrogen-bond acceptors (Lipinski definition) is 2. The van der Waals surface area contributed by atoms with Gasteiger partial charge in [0.2, 0.25) is 0 Å². The van der Waals surface area contributed by atoms with Gasteiger partial charge in [0.15, 0.2) is 0 Å². The Morgan fingerprint density at radius 3 is 2.62 bits per heavy atom. The van der Waals surface area contributed by atoms with Crippen LogP contribution in [0.15, 0.2) is 24.3 Å². The molecule has 1 saturated carbocycles. The van der Waals surface area contributed by atoms with E-state index in [-0.39, 0.29) is 0 Å². The Balaban J connectivity index is 1.75. The second kappa shape index (κ2) is 9.09. The Morgan fingerprint density at radius 2 is 1.90 bits per heavy atom. The second-order valence-corrected chi connectivity index (χ2v) is 6.55. The van der Waals surface area contributed by atoms with Gasteiger partial charge in [-0.05, 0) is 56.0 Å². The number of nitrogens with zero attached hydrogens (tertiary/aromatic N) is 1. The Hall–Kier alpha value is -1.02. The maximum atomic E-state index is 9.54. The van der Waals surface area contributed by atoms with E-state index in [0.717, 1.165) is 18.9 Å². The zero-order chi connectivity index (χ0) is 14.9. The van der Waals surface area contributed by atoms with Crippen LogP contribution in [0.25, 0.3) is 0 Å². The number of benzene rings is 1. The van der Waals surface area contributed by atoms with Gasteiger partial charge in [0.25, 0.3) is 0 Å². The summed E-state index contributed by atoms with van der Waals surface area (Å²) in [6.45, 7) is 5.83. The molecule has 0 saturated heterocycles. The molecule has 0 bridgehead atoms. The van der Waals surface area contributed by atoms with E-state index in [9.17, 15) is 5.11 Å². The zero-order valence-corrected chi connectivity index (χ0v) is 13.6. The van der Waals surface area contributed by atoms with Crippen LogP contribution in [0.2, 0.25) is 0 Å². The summed E-state index contributed by atoms with van der Waals surface area (Å²) in [7, 11) is 0. The topological polar surface area (TPSA) is 23.5 Å². The van der Waals surface area contributed by atoms with Gasteiger partial charge in [-0.2, -0.15) is 0 Å². The molecule has 0 amide bonds. The summed E-state index contributed by atoms with van der Waals surface area (Å²) >= 11 is 0. The third kappa shape index (κ3) is 6.09. The van der Waals surface area contributed by atoms with Crippen molar-refractivity contribution in [3.63, 3.8) is 0 Å². The summed E-state index contributed by atoms with van der Waals surface area (Å²) in [5, 5.41) is 9.54. The van der Waals surface area contributed by atoms with E-state index in [1.165, 1.54) is 63.6 Å². The summed E-state index contributed by atoms with van der Waals surface area (Å²) in [6, 6.07) is 7.70. The molecule has 1 aromatic rings. The highest BCUT2D eigenvalue weighted by Crippen LogP contribution is 2.26. The molecule has 21 heavy (non-hydrogen) atoms. The molecule has 2 heteroatoms. The molecule has 2 nitrogen and oxygen atoms in total. The average molecular weight is 289 g/mol. The van der Waals surface area contributed by atoms with Crippen LogP contribution in [0.3, 0.4) is 0 Å². The van der Waals surface area contributed by atoms with Crippen LogP contribution in [0, 0.1) is 5.92 Å². The van der Waals surface area contributed by atoms with Crippen molar-refractivity contribution in [1.29, 1.82) is 0 Å². The summed E-state index contributed by atoms with van der Waals surface area (Å²) in [4.78, 5) is 2.61. The summed E-state index contributed by atoms with van der Waals surface area (Å²) < 4.78 is 0. The predicted octanol–water partition coefficient (Wildman–Crippen LogP) is 4.62. The maximum Gasteiger partial charge on any atom is 0.115 e. The van der Waals surface area contributed by atoms with Gasteiger partial charge in [-0.1, -0.05) is 51.2 Å². The van der Waals surface area contributed by atoms with E-state index < -0.39 is 0 Å². The molecule has 0 unspecified atom stereocenters. The van der Waals surface area contributed by atoms with Gasteiger partial charge in [-0.3, -0.25) is 0 Å². The van der Waals surface area contributed by atoms with E-state index in [1.54, 1.807) is 6.07 Å². The van der Waals surface area contributed by atoms with Crippen molar-refractivity contribution >= 4 is 0 Å². The summed E-state index contributed by atoms with van der Waals surface area (Å²) in [5.74, 6) is 1.36. The number of phenols is 1. The van der Waals surface area contributed by atoms with Crippen LogP contribution < -0.4 is 0 Å². The van der Waals surface area contributed by atoms with Crippen LogP contribution in [0.4, 0.5) is 0 Å². The molecular formula is C19H31NO. The van der Waals surface area contributed by atoms with Gasteiger partial charge >= 0.3 is 0 Å². The van der Waals surface area contributed by atoms with Gasteiger partial charge in [0.05, 0.1) is 0 Å². The third-order valence-corrected chi connectivity index (χ3v) is 4.75. The van der Waals surface area contributed by atoms with Crippen molar-refractivity contribution in [2.75, 3.05) is 19.6 Å². The molecule has 0 heterocycles. The second-order valence-electron chi connectivity index (χ2n) is 6.55. The molecule has 0 spiro atoms. The SMILES string of the molecule is CCCN(CCc1cccc(O)c1)CCC1CCCCC1. The molecule has 1 N–H and O–H groups in total. The lowest BCUT2D eigenvalue weighted by atomic mass is 9.87. The number of phenolic OH excluding ortho intramolecular Hbond substituents is 1. The van der Waals surface area contributed by atoms with Gasteiger partial charge in [0, 0.05) is 6.54 Å². The van der Waals surface area contributed by atoms with Gasteiger partial charge < -0.3 is 10.0 Å². The lowest BCUT2D eigenvalue weighted by Crippen LogP contribution is -2.29. The molecule has 1 aliphatic rings. The lowest BCUT2D eigenvalue weighted by molar-refractivity contribution is 0.233. The molecule has 1 fully saturated rings. The molecular weight excluding hydrogens is 258 g/mol. The third-order valence-electron chi connectivity index (χ3n) is 4.75. The highest BCUT2D eigenvalue weighted by molar-refractivity contribution is 5.27. The summed E-state index contributed by atoms with van der Waals surface area (Å²) in [5.41, 5.74) is 1.24. The lowest BCUT2D eigenvalue weighted by Gasteiger charge is -2.27. The molecule has 0 radical (unpaired) electrons. The van der Waals surface area contributed by atoms with Crippen LogP contribution in [0.1, 0.15) is 57.4 Å². The van der Waals surface area contributed by atoms with E-state index in [1.807, 2.05) is 12.1 Å². The van der Waals surface area contributed by atoms with Crippen LogP contribution in [0.5, 0.6) is 5.75 Å². The first-order valence-corrected chi connectivity index (χ1v) is 8.78. The number of hydrogen-bond donors (Lipinski definition) is 1. The largest absolute Gasteiger partial charge is 0.508 e. The molecule has 2 rings (SSSR count).